The van der Waals surface area contributed by atoms with Crippen LogP contribution in [0.3, 0.4) is 0 Å². The van der Waals surface area contributed by atoms with Crippen LogP contribution in [0.2, 0.25) is 0 Å². The Morgan fingerprint density at radius 2 is 2.40 bits per heavy atom. The predicted octanol–water partition coefficient (Wildman–Crippen LogP) is 2.99. The van der Waals surface area contributed by atoms with E-state index >= 15 is 0 Å². The molecule has 1 fully saturated rings. The van der Waals surface area contributed by atoms with Gasteiger partial charge in [-0.3, -0.25) is 9.63 Å². The molecule has 1 aromatic rings. The van der Waals surface area contributed by atoms with Crippen molar-refractivity contribution in [2.24, 2.45) is 0 Å². The lowest BCUT2D eigenvalue weighted by Crippen LogP contribution is -2.35. The van der Waals surface area contributed by atoms with Gasteiger partial charge in [-0.15, -0.1) is 11.3 Å². The van der Waals surface area contributed by atoms with E-state index in [0.29, 0.717) is 13.2 Å². The third-order valence-electron chi connectivity index (χ3n) is 2.30. The van der Waals surface area contributed by atoms with Gasteiger partial charge in [-0.25, -0.2) is 5.06 Å². The molecule has 0 N–H and O–H groups in total. The summed E-state index contributed by atoms with van der Waals surface area (Å²) in [6.07, 6.45) is 2.06. The number of carbonyl (C=O) groups excluding carboxylic acids is 1. The van der Waals surface area contributed by atoms with Crippen LogP contribution >= 0.6 is 27.3 Å². The van der Waals surface area contributed by atoms with Crippen molar-refractivity contribution in [3.05, 3.63) is 20.3 Å². The predicted molar refractivity (Wildman–Crippen MR) is 63.0 cm³/mol. The van der Waals surface area contributed by atoms with Gasteiger partial charge >= 0.3 is 0 Å². The average Bonchev–Trinajstić information content (AvgIpc) is 2.59. The summed E-state index contributed by atoms with van der Waals surface area (Å²) in [6.45, 7) is 3.33. The third kappa shape index (κ3) is 2.41. The molecule has 1 aliphatic rings. The highest BCUT2D eigenvalue weighted by molar-refractivity contribution is 9.11. The molecule has 0 atom stereocenters. The van der Waals surface area contributed by atoms with Crippen LogP contribution in [-0.4, -0.2) is 24.1 Å². The number of amides is 1. The molecule has 1 aliphatic heterocycles. The van der Waals surface area contributed by atoms with Crippen LogP contribution in [0.15, 0.2) is 9.85 Å². The van der Waals surface area contributed by atoms with Gasteiger partial charge < -0.3 is 0 Å². The zero-order valence-electron chi connectivity index (χ0n) is 8.46. The largest absolute Gasteiger partial charge is 0.287 e. The maximum Gasteiger partial charge on any atom is 0.287 e. The van der Waals surface area contributed by atoms with Crippen molar-refractivity contribution in [3.63, 3.8) is 0 Å². The van der Waals surface area contributed by atoms with E-state index in [1.165, 1.54) is 16.4 Å². The van der Waals surface area contributed by atoms with Crippen molar-refractivity contribution >= 4 is 33.2 Å². The molecule has 0 spiro atoms. The lowest BCUT2D eigenvalue weighted by atomic mass is 10.3. The molecule has 0 saturated carbocycles. The van der Waals surface area contributed by atoms with Crippen LogP contribution in [-0.2, 0) is 4.84 Å². The summed E-state index contributed by atoms with van der Waals surface area (Å²) in [5.74, 6) is -0.0199. The van der Waals surface area contributed by atoms with Gasteiger partial charge in [0.1, 0.15) is 0 Å². The molecule has 2 heterocycles. The van der Waals surface area contributed by atoms with E-state index in [4.69, 9.17) is 4.84 Å². The second kappa shape index (κ2) is 4.63. The number of carbonyl (C=O) groups is 1. The molecule has 5 heteroatoms. The Hall–Kier alpha value is -0.390. The van der Waals surface area contributed by atoms with Crippen LogP contribution in [0.4, 0.5) is 0 Å². The minimum absolute atomic E-state index is 0.0199. The molecule has 0 radical (unpaired) electrons. The van der Waals surface area contributed by atoms with Gasteiger partial charge in [0.25, 0.3) is 5.91 Å². The number of aryl methyl sites for hydroxylation is 1. The number of nitrogens with zero attached hydrogens (tertiary/aromatic N) is 1. The lowest BCUT2D eigenvalue weighted by molar-refractivity contribution is -0.143. The van der Waals surface area contributed by atoms with Crippen molar-refractivity contribution < 1.29 is 9.63 Å². The molecule has 3 nitrogen and oxygen atoms in total. The van der Waals surface area contributed by atoms with E-state index in [1.54, 1.807) is 0 Å². The highest BCUT2D eigenvalue weighted by atomic mass is 79.9. The van der Waals surface area contributed by atoms with Crippen LogP contribution in [0.5, 0.6) is 0 Å². The molecule has 1 aromatic heterocycles. The number of thiophene rings is 1. The van der Waals surface area contributed by atoms with Crippen molar-refractivity contribution in [2.75, 3.05) is 13.2 Å². The fourth-order valence-corrected chi connectivity index (χ4v) is 2.92. The quantitative estimate of drug-likeness (QED) is 0.795. The third-order valence-corrected chi connectivity index (χ3v) is 4.42. The summed E-state index contributed by atoms with van der Waals surface area (Å²) in [4.78, 5) is 18.0. The zero-order chi connectivity index (χ0) is 10.8. The zero-order valence-corrected chi connectivity index (χ0v) is 10.9. The van der Waals surface area contributed by atoms with E-state index in [-0.39, 0.29) is 5.91 Å². The van der Waals surface area contributed by atoms with E-state index < -0.39 is 0 Å². The van der Waals surface area contributed by atoms with Crippen LogP contribution in [0.25, 0.3) is 0 Å². The van der Waals surface area contributed by atoms with Crippen molar-refractivity contribution in [3.8, 4) is 0 Å². The number of hydrogen-bond acceptors (Lipinski definition) is 3. The number of hydrogen-bond donors (Lipinski definition) is 0. The van der Waals surface area contributed by atoms with Crippen LogP contribution < -0.4 is 0 Å². The van der Waals surface area contributed by atoms with Crippen molar-refractivity contribution in [1.82, 2.24) is 5.06 Å². The van der Waals surface area contributed by atoms with E-state index in [9.17, 15) is 4.79 Å². The van der Waals surface area contributed by atoms with Crippen molar-refractivity contribution in [2.45, 2.75) is 19.8 Å². The first kappa shape index (κ1) is 11.1. The normalized spacial score (nSPS) is 16.8. The van der Waals surface area contributed by atoms with E-state index in [2.05, 4.69) is 15.9 Å². The maximum absolute atomic E-state index is 12.0. The van der Waals surface area contributed by atoms with Gasteiger partial charge in [0, 0.05) is 6.54 Å². The maximum atomic E-state index is 12.0. The first-order valence-electron chi connectivity index (χ1n) is 4.89. The molecule has 2 rings (SSSR count). The van der Waals surface area contributed by atoms with E-state index in [0.717, 1.165) is 27.1 Å². The van der Waals surface area contributed by atoms with Gasteiger partial charge in [0.15, 0.2) is 0 Å². The van der Waals surface area contributed by atoms with Crippen LogP contribution in [0.1, 0.15) is 28.1 Å². The van der Waals surface area contributed by atoms with E-state index in [1.807, 2.05) is 13.0 Å². The van der Waals surface area contributed by atoms with Crippen LogP contribution in [0, 0.1) is 6.92 Å². The average molecular weight is 290 g/mol. The molecular weight excluding hydrogens is 278 g/mol. The standard InChI is InChI=1S/C10H12BrNO2S/c1-7-6-8(15-9(7)11)10(13)12-4-2-3-5-14-12/h6H,2-5H2,1H3. The van der Waals surface area contributed by atoms with Gasteiger partial charge in [-0.2, -0.15) is 0 Å². The number of hydroxylamine groups is 2. The molecular formula is C10H12BrNO2S. The first-order valence-corrected chi connectivity index (χ1v) is 6.50. The fourth-order valence-electron chi connectivity index (χ4n) is 1.45. The summed E-state index contributed by atoms with van der Waals surface area (Å²) in [6, 6.07) is 1.90. The first-order chi connectivity index (χ1) is 7.18. The Kier molecular flexibility index (Phi) is 3.43. The molecule has 0 bridgehead atoms. The summed E-state index contributed by atoms with van der Waals surface area (Å²) in [5, 5.41) is 1.47. The topological polar surface area (TPSA) is 29.5 Å². The fraction of sp³-hybridized carbons (Fsp3) is 0.500. The van der Waals surface area contributed by atoms with Gasteiger partial charge in [0.05, 0.1) is 15.3 Å². The molecule has 1 amide bonds. The summed E-state index contributed by atoms with van der Waals surface area (Å²) in [5.41, 5.74) is 1.10. The Balaban J connectivity index is 2.12. The molecule has 82 valence electrons. The summed E-state index contributed by atoms with van der Waals surface area (Å²) in [7, 11) is 0. The molecule has 1 saturated heterocycles. The Morgan fingerprint density at radius 1 is 1.60 bits per heavy atom. The monoisotopic (exact) mass is 289 g/mol. The highest BCUT2D eigenvalue weighted by Gasteiger charge is 2.21. The minimum atomic E-state index is -0.0199. The van der Waals surface area contributed by atoms with Gasteiger partial charge in [-0.1, -0.05) is 0 Å². The molecule has 15 heavy (non-hydrogen) atoms. The van der Waals surface area contributed by atoms with Gasteiger partial charge in [-0.05, 0) is 47.3 Å². The second-order valence-corrected chi connectivity index (χ2v) is 5.89. The van der Waals surface area contributed by atoms with Crippen molar-refractivity contribution in [1.29, 1.82) is 0 Å². The number of rotatable bonds is 1. The molecule has 0 aliphatic carbocycles. The SMILES string of the molecule is Cc1cc(C(=O)N2CCCCO2)sc1Br. The summed E-state index contributed by atoms with van der Waals surface area (Å²) < 4.78 is 1.02. The summed E-state index contributed by atoms with van der Waals surface area (Å²) >= 11 is 4.88. The molecule has 0 aromatic carbocycles. The Bertz CT molecular complexity index is 352. The lowest BCUT2D eigenvalue weighted by Gasteiger charge is -2.25. The van der Waals surface area contributed by atoms with Gasteiger partial charge in [0.2, 0.25) is 0 Å². The molecule has 0 unspecified atom stereocenters. The smallest absolute Gasteiger partial charge is 0.271 e. The highest BCUT2D eigenvalue weighted by Crippen LogP contribution is 2.28. The Labute approximate surface area is 101 Å². The Morgan fingerprint density at radius 3 is 2.93 bits per heavy atom. The second-order valence-electron chi connectivity index (χ2n) is 3.51. The minimum Gasteiger partial charge on any atom is -0.271 e. The number of halogens is 1.